The monoisotopic (exact) mass is 325 g/mol. The Morgan fingerprint density at radius 2 is 2.08 bits per heavy atom. The number of carbonyl (C=O) groups is 1. The topological polar surface area (TPSA) is 125 Å². The van der Waals surface area contributed by atoms with E-state index in [2.05, 4.69) is 6.07 Å². The SMILES string of the molecule is CCOC(=O)N1CC=C2[C@@H](C#N)C(=N)C(C#N)(C#N)[C@@H](CC)[C@@H]2C1. The van der Waals surface area contributed by atoms with Gasteiger partial charge in [0.25, 0.3) is 0 Å². The number of nitriles is 3. The summed E-state index contributed by atoms with van der Waals surface area (Å²) in [6.45, 7) is 4.44. The molecule has 1 aliphatic heterocycles. The molecule has 0 spiro atoms. The first-order valence-electron chi connectivity index (χ1n) is 7.93. The highest BCUT2D eigenvalue weighted by Crippen LogP contribution is 2.49. The Hall–Kier alpha value is -2.85. The van der Waals surface area contributed by atoms with Crippen molar-refractivity contribution in [3.05, 3.63) is 11.6 Å². The number of rotatable bonds is 2. The summed E-state index contributed by atoms with van der Waals surface area (Å²) >= 11 is 0. The van der Waals surface area contributed by atoms with Crippen molar-refractivity contribution in [2.45, 2.75) is 20.3 Å². The largest absolute Gasteiger partial charge is 0.450 e. The van der Waals surface area contributed by atoms with E-state index in [-0.39, 0.29) is 18.2 Å². The number of amides is 1. The molecular weight excluding hydrogens is 306 g/mol. The quantitative estimate of drug-likeness (QED) is 0.779. The van der Waals surface area contributed by atoms with Crippen molar-refractivity contribution in [1.29, 1.82) is 21.2 Å². The summed E-state index contributed by atoms with van der Waals surface area (Å²) in [7, 11) is 0. The molecule has 1 heterocycles. The van der Waals surface area contributed by atoms with Crippen LogP contribution in [-0.4, -0.2) is 36.4 Å². The molecule has 0 aromatic heterocycles. The highest BCUT2D eigenvalue weighted by Gasteiger charge is 2.56. The Morgan fingerprint density at radius 1 is 1.42 bits per heavy atom. The zero-order valence-electron chi connectivity index (χ0n) is 13.7. The Balaban J connectivity index is 2.50. The van der Waals surface area contributed by atoms with Crippen molar-refractivity contribution < 1.29 is 9.53 Å². The van der Waals surface area contributed by atoms with Crippen LogP contribution in [0.3, 0.4) is 0 Å². The van der Waals surface area contributed by atoms with Crippen molar-refractivity contribution >= 4 is 11.8 Å². The lowest BCUT2D eigenvalue weighted by atomic mass is 9.55. The zero-order valence-corrected chi connectivity index (χ0v) is 13.7. The lowest BCUT2D eigenvalue weighted by Gasteiger charge is -2.47. The standard InChI is InChI=1S/C17H19N5O2/c1-3-14-13-8-22(16(23)24-4-2)6-5-11(13)12(7-18)15(21)17(14,9-19)10-20/h5,12-14,21H,3-4,6,8H2,1-2H3/t12-,13-,14+/m1/s1. The molecule has 0 aromatic rings. The summed E-state index contributed by atoms with van der Waals surface area (Å²) < 4.78 is 5.03. The van der Waals surface area contributed by atoms with Gasteiger partial charge in [0, 0.05) is 24.9 Å². The molecule has 7 heteroatoms. The molecule has 2 aliphatic rings. The van der Waals surface area contributed by atoms with E-state index in [1.54, 1.807) is 13.0 Å². The molecule has 3 atom stereocenters. The molecule has 7 nitrogen and oxygen atoms in total. The maximum atomic E-state index is 12.0. The van der Waals surface area contributed by atoms with E-state index in [0.29, 0.717) is 19.5 Å². The number of hydrogen-bond donors (Lipinski definition) is 1. The molecular formula is C17H19N5O2. The van der Waals surface area contributed by atoms with Crippen molar-refractivity contribution in [3.63, 3.8) is 0 Å². The minimum absolute atomic E-state index is 0.145. The zero-order chi connectivity index (χ0) is 17.9. The molecule has 2 rings (SSSR count). The molecule has 1 aliphatic carbocycles. The summed E-state index contributed by atoms with van der Waals surface area (Å²) in [6.07, 6.45) is 1.83. The van der Waals surface area contributed by atoms with E-state index < -0.39 is 23.3 Å². The minimum atomic E-state index is -1.63. The molecule has 0 radical (unpaired) electrons. The summed E-state index contributed by atoms with van der Waals surface area (Å²) in [5.41, 5.74) is -1.03. The maximum absolute atomic E-state index is 12.0. The van der Waals surface area contributed by atoms with Gasteiger partial charge in [0.15, 0.2) is 5.41 Å². The Bertz CT molecular complexity index is 692. The lowest BCUT2D eigenvalue weighted by Crippen LogP contribution is -2.54. The minimum Gasteiger partial charge on any atom is -0.450 e. The van der Waals surface area contributed by atoms with Crippen LogP contribution in [0.25, 0.3) is 0 Å². The van der Waals surface area contributed by atoms with Crippen LogP contribution < -0.4 is 0 Å². The van der Waals surface area contributed by atoms with E-state index in [0.717, 1.165) is 5.57 Å². The predicted octanol–water partition coefficient (Wildman–Crippen LogP) is 2.23. The Morgan fingerprint density at radius 3 is 2.58 bits per heavy atom. The van der Waals surface area contributed by atoms with Crippen molar-refractivity contribution in [1.82, 2.24) is 4.90 Å². The van der Waals surface area contributed by atoms with E-state index in [9.17, 15) is 20.6 Å². The molecule has 1 N–H and O–H groups in total. The fourth-order valence-electron chi connectivity index (χ4n) is 3.78. The second kappa shape index (κ2) is 6.72. The molecule has 1 amide bonds. The molecule has 124 valence electrons. The number of ether oxygens (including phenoxy) is 1. The van der Waals surface area contributed by atoms with Gasteiger partial charge in [-0.2, -0.15) is 15.8 Å². The van der Waals surface area contributed by atoms with E-state index in [4.69, 9.17) is 10.1 Å². The second-order valence-corrected chi connectivity index (χ2v) is 5.94. The van der Waals surface area contributed by atoms with Crippen LogP contribution in [0.5, 0.6) is 0 Å². The highest BCUT2D eigenvalue weighted by molar-refractivity contribution is 6.00. The summed E-state index contributed by atoms with van der Waals surface area (Å²) in [5, 5.41) is 37.0. The summed E-state index contributed by atoms with van der Waals surface area (Å²) in [4.78, 5) is 13.5. The summed E-state index contributed by atoms with van der Waals surface area (Å²) in [6, 6.07) is 6.03. The first kappa shape index (κ1) is 17.5. The third kappa shape index (κ3) is 2.41. The smallest absolute Gasteiger partial charge is 0.410 e. The van der Waals surface area contributed by atoms with E-state index in [1.165, 1.54) is 4.90 Å². The number of nitrogens with one attached hydrogen (secondary N) is 1. The van der Waals surface area contributed by atoms with Gasteiger partial charge in [-0.3, -0.25) is 0 Å². The van der Waals surface area contributed by atoms with Gasteiger partial charge >= 0.3 is 6.09 Å². The van der Waals surface area contributed by atoms with Crippen LogP contribution >= 0.6 is 0 Å². The Labute approximate surface area is 141 Å². The van der Waals surface area contributed by atoms with Crippen LogP contribution in [0.15, 0.2) is 11.6 Å². The molecule has 0 saturated heterocycles. The number of carbonyl (C=O) groups excluding carboxylic acids is 1. The van der Waals surface area contributed by atoms with Crippen molar-refractivity contribution in [2.24, 2.45) is 23.2 Å². The van der Waals surface area contributed by atoms with Crippen LogP contribution in [0.1, 0.15) is 20.3 Å². The summed E-state index contributed by atoms with van der Waals surface area (Å²) in [5.74, 6) is -1.62. The van der Waals surface area contributed by atoms with Gasteiger partial charge in [0.05, 0.1) is 30.5 Å². The molecule has 0 bridgehead atoms. The van der Waals surface area contributed by atoms with Crippen LogP contribution in [-0.2, 0) is 4.74 Å². The van der Waals surface area contributed by atoms with Crippen LogP contribution in [0, 0.1) is 62.6 Å². The molecule has 0 unspecified atom stereocenters. The van der Waals surface area contributed by atoms with Gasteiger partial charge < -0.3 is 15.0 Å². The van der Waals surface area contributed by atoms with Crippen LogP contribution in [0.2, 0.25) is 0 Å². The molecule has 24 heavy (non-hydrogen) atoms. The van der Waals surface area contributed by atoms with Crippen molar-refractivity contribution in [3.8, 4) is 18.2 Å². The van der Waals surface area contributed by atoms with Gasteiger partial charge in [0.1, 0.15) is 5.92 Å². The van der Waals surface area contributed by atoms with Gasteiger partial charge in [-0.05, 0) is 18.9 Å². The fourth-order valence-corrected chi connectivity index (χ4v) is 3.78. The van der Waals surface area contributed by atoms with E-state index in [1.807, 2.05) is 19.1 Å². The predicted molar refractivity (Wildman–Crippen MR) is 84.4 cm³/mol. The second-order valence-electron chi connectivity index (χ2n) is 5.94. The van der Waals surface area contributed by atoms with Crippen molar-refractivity contribution in [2.75, 3.05) is 19.7 Å². The third-order valence-corrected chi connectivity index (χ3v) is 4.93. The van der Waals surface area contributed by atoms with Crippen LogP contribution in [0.4, 0.5) is 4.79 Å². The molecule has 0 aromatic carbocycles. The number of hydrogen-bond acceptors (Lipinski definition) is 6. The average molecular weight is 325 g/mol. The maximum Gasteiger partial charge on any atom is 0.410 e. The molecule has 1 saturated carbocycles. The average Bonchev–Trinajstić information content (AvgIpc) is 2.60. The van der Waals surface area contributed by atoms with Gasteiger partial charge in [-0.1, -0.05) is 13.0 Å². The Kier molecular flexibility index (Phi) is 4.90. The number of fused-ring (bicyclic) bond motifs is 1. The first-order valence-corrected chi connectivity index (χ1v) is 7.93. The molecule has 1 fully saturated rings. The van der Waals surface area contributed by atoms with E-state index >= 15 is 0 Å². The normalized spacial score (nSPS) is 27.8. The first-order chi connectivity index (χ1) is 11.5. The third-order valence-electron chi connectivity index (χ3n) is 4.93. The highest BCUT2D eigenvalue weighted by atomic mass is 16.6. The van der Waals surface area contributed by atoms with Gasteiger partial charge in [-0.25, -0.2) is 4.79 Å². The lowest BCUT2D eigenvalue weighted by molar-refractivity contribution is 0.0929. The van der Waals surface area contributed by atoms with Gasteiger partial charge in [-0.15, -0.1) is 0 Å². The van der Waals surface area contributed by atoms with Gasteiger partial charge in [0.2, 0.25) is 0 Å². The fraction of sp³-hybridized carbons (Fsp3) is 0.588. The number of nitrogens with zero attached hydrogens (tertiary/aromatic N) is 4.